The maximum atomic E-state index is 11.6. The van der Waals surface area contributed by atoms with Crippen LogP contribution in [0.5, 0.6) is 0 Å². The van der Waals surface area contributed by atoms with Gasteiger partial charge in [-0.15, -0.1) is 0 Å². The summed E-state index contributed by atoms with van der Waals surface area (Å²) < 4.78 is 0. The monoisotopic (exact) mass is 255 g/mol. The summed E-state index contributed by atoms with van der Waals surface area (Å²) >= 11 is 0. The first-order valence-corrected chi connectivity index (χ1v) is 6.03. The number of fused-ring (bicyclic) bond motifs is 2. The molecule has 7 nitrogen and oxygen atoms in total. The molecule has 0 aromatic rings. The van der Waals surface area contributed by atoms with E-state index >= 15 is 0 Å². The van der Waals surface area contributed by atoms with Crippen LogP contribution in [0.4, 0.5) is 0 Å². The Labute approximate surface area is 104 Å². The van der Waals surface area contributed by atoms with Gasteiger partial charge in [0.1, 0.15) is 0 Å². The van der Waals surface area contributed by atoms with E-state index in [2.05, 4.69) is 10.9 Å². The Morgan fingerprint density at radius 1 is 1.28 bits per heavy atom. The first kappa shape index (κ1) is 12.8. The van der Waals surface area contributed by atoms with Gasteiger partial charge in [-0.1, -0.05) is 0 Å². The quantitative estimate of drug-likeness (QED) is 0.567. The fourth-order valence-electron chi connectivity index (χ4n) is 2.98. The van der Waals surface area contributed by atoms with Crippen molar-refractivity contribution in [2.75, 3.05) is 6.54 Å². The van der Waals surface area contributed by atoms with Crippen LogP contribution >= 0.6 is 0 Å². The van der Waals surface area contributed by atoms with Gasteiger partial charge in [0.15, 0.2) is 0 Å². The smallest absolute Gasteiger partial charge is 0.308 e. The van der Waals surface area contributed by atoms with E-state index in [0.29, 0.717) is 6.42 Å². The number of amides is 2. The Bertz CT molecular complexity index is 384. The summed E-state index contributed by atoms with van der Waals surface area (Å²) in [6, 6.07) is 0.134. The molecule has 0 aromatic heterocycles. The molecular formula is C11H17N3O4. The molecule has 0 saturated carbocycles. The molecule has 2 fully saturated rings. The van der Waals surface area contributed by atoms with Gasteiger partial charge in [0.25, 0.3) is 5.91 Å². The Morgan fingerprint density at radius 3 is 2.56 bits per heavy atom. The molecule has 2 amide bonds. The number of carboxylic acids is 1. The van der Waals surface area contributed by atoms with E-state index in [-0.39, 0.29) is 36.4 Å². The largest absolute Gasteiger partial charge is 0.481 e. The van der Waals surface area contributed by atoms with Crippen molar-refractivity contribution in [1.29, 1.82) is 0 Å². The van der Waals surface area contributed by atoms with Gasteiger partial charge in [0, 0.05) is 19.0 Å². The van der Waals surface area contributed by atoms with Gasteiger partial charge in [-0.25, -0.2) is 0 Å². The normalized spacial score (nSPS) is 30.2. The average molecular weight is 255 g/mol. The zero-order valence-corrected chi connectivity index (χ0v) is 10.2. The minimum absolute atomic E-state index is 0.0458. The highest BCUT2D eigenvalue weighted by atomic mass is 16.4. The topological polar surface area (TPSA) is 98.7 Å². The molecule has 0 spiro atoms. The highest BCUT2D eigenvalue weighted by Gasteiger charge is 2.49. The molecule has 0 aliphatic carbocycles. The van der Waals surface area contributed by atoms with Crippen LogP contribution in [0.1, 0.15) is 26.2 Å². The van der Waals surface area contributed by atoms with Crippen LogP contribution in [0.15, 0.2) is 0 Å². The van der Waals surface area contributed by atoms with Crippen LogP contribution in [-0.4, -0.2) is 46.4 Å². The summed E-state index contributed by atoms with van der Waals surface area (Å²) in [6.07, 6.45) is 2.39. The summed E-state index contributed by atoms with van der Waals surface area (Å²) in [5.74, 6) is -1.80. The van der Waals surface area contributed by atoms with E-state index in [1.165, 1.54) is 6.92 Å². The molecular weight excluding hydrogens is 238 g/mol. The SMILES string of the molecule is CC(=O)NNC(=O)CN1C2CCC1C(C(=O)O)C2. The lowest BCUT2D eigenvalue weighted by Crippen LogP contribution is -2.47. The number of hydrogen-bond donors (Lipinski definition) is 3. The van der Waals surface area contributed by atoms with Crippen LogP contribution in [0, 0.1) is 5.92 Å². The number of nitrogens with zero attached hydrogens (tertiary/aromatic N) is 1. The summed E-state index contributed by atoms with van der Waals surface area (Å²) in [6.45, 7) is 1.44. The molecule has 18 heavy (non-hydrogen) atoms. The van der Waals surface area contributed by atoms with E-state index in [1.54, 1.807) is 0 Å². The fraction of sp³-hybridized carbons (Fsp3) is 0.727. The zero-order valence-electron chi connectivity index (χ0n) is 10.2. The van der Waals surface area contributed by atoms with Crippen molar-refractivity contribution in [1.82, 2.24) is 15.8 Å². The van der Waals surface area contributed by atoms with E-state index in [0.717, 1.165) is 12.8 Å². The lowest BCUT2D eigenvalue weighted by atomic mass is 9.89. The molecule has 0 aromatic carbocycles. The first-order valence-electron chi connectivity index (χ1n) is 6.03. The molecule has 100 valence electrons. The van der Waals surface area contributed by atoms with Crippen LogP contribution in [-0.2, 0) is 14.4 Å². The lowest BCUT2D eigenvalue weighted by Gasteiger charge is -2.21. The number of nitrogens with one attached hydrogen (secondary N) is 2. The standard InChI is InChI=1S/C11H17N3O4/c1-6(15)12-13-10(16)5-14-7-2-3-9(14)8(4-7)11(17)18/h7-9H,2-5H2,1H3,(H,12,15)(H,13,16)(H,17,18). The molecule has 3 unspecified atom stereocenters. The second-order valence-corrected chi connectivity index (χ2v) is 4.88. The van der Waals surface area contributed by atoms with Crippen LogP contribution in [0.2, 0.25) is 0 Å². The maximum absolute atomic E-state index is 11.6. The third-order valence-electron chi connectivity index (χ3n) is 3.70. The fourth-order valence-corrected chi connectivity index (χ4v) is 2.98. The number of rotatable bonds is 3. The minimum atomic E-state index is -0.783. The lowest BCUT2D eigenvalue weighted by molar-refractivity contribution is -0.143. The van der Waals surface area contributed by atoms with Crippen molar-refractivity contribution in [3.05, 3.63) is 0 Å². The van der Waals surface area contributed by atoms with Crippen LogP contribution < -0.4 is 10.9 Å². The second kappa shape index (κ2) is 4.93. The van der Waals surface area contributed by atoms with E-state index in [4.69, 9.17) is 5.11 Å². The Morgan fingerprint density at radius 2 is 2.00 bits per heavy atom. The van der Waals surface area contributed by atoms with Crippen molar-refractivity contribution >= 4 is 17.8 Å². The number of carboxylic acid groups (broad SMARTS) is 1. The van der Waals surface area contributed by atoms with Gasteiger partial charge in [-0.05, 0) is 19.3 Å². The summed E-state index contributed by atoms with van der Waals surface area (Å²) in [5.41, 5.74) is 4.52. The molecule has 2 bridgehead atoms. The molecule has 2 rings (SSSR count). The van der Waals surface area contributed by atoms with E-state index < -0.39 is 5.97 Å². The predicted molar refractivity (Wildman–Crippen MR) is 61.2 cm³/mol. The van der Waals surface area contributed by atoms with Crippen molar-refractivity contribution in [3.8, 4) is 0 Å². The average Bonchev–Trinajstić information content (AvgIpc) is 2.84. The first-order chi connectivity index (χ1) is 8.49. The molecule has 2 aliphatic heterocycles. The third kappa shape index (κ3) is 2.45. The van der Waals surface area contributed by atoms with Gasteiger partial charge < -0.3 is 5.11 Å². The Kier molecular flexibility index (Phi) is 3.51. The molecule has 2 saturated heterocycles. The van der Waals surface area contributed by atoms with E-state index in [1.807, 2.05) is 4.90 Å². The molecule has 2 heterocycles. The van der Waals surface area contributed by atoms with Gasteiger partial charge in [0.05, 0.1) is 12.5 Å². The molecule has 7 heteroatoms. The number of aliphatic carboxylic acids is 1. The third-order valence-corrected chi connectivity index (χ3v) is 3.70. The number of hydrazine groups is 1. The number of carbonyl (C=O) groups excluding carboxylic acids is 2. The van der Waals surface area contributed by atoms with Crippen LogP contribution in [0.25, 0.3) is 0 Å². The maximum Gasteiger partial charge on any atom is 0.308 e. The second-order valence-electron chi connectivity index (χ2n) is 4.88. The minimum Gasteiger partial charge on any atom is -0.481 e. The van der Waals surface area contributed by atoms with Gasteiger partial charge in [-0.3, -0.25) is 30.1 Å². The van der Waals surface area contributed by atoms with Crippen molar-refractivity contribution in [2.24, 2.45) is 5.92 Å². The van der Waals surface area contributed by atoms with Gasteiger partial charge in [-0.2, -0.15) is 0 Å². The number of hydrogen-bond acceptors (Lipinski definition) is 4. The van der Waals surface area contributed by atoms with Crippen molar-refractivity contribution in [2.45, 2.75) is 38.3 Å². The molecule has 2 aliphatic rings. The zero-order chi connectivity index (χ0) is 13.3. The summed E-state index contributed by atoms with van der Waals surface area (Å²) in [4.78, 5) is 35.2. The molecule has 3 atom stereocenters. The molecule has 0 radical (unpaired) electrons. The summed E-state index contributed by atoms with van der Waals surface area (Å²) in [5, 5.41) is 9.08. The summed E-state index contributed by atoms with van der Waals surface area (Å²) in [7, 11) is 0. The predicted octanol–water partition coefficient (Wildman–Crippen LogP) is -0.909. The van der Waals surface area contributed by atoms with Crippen molar-refractivity contribution in [3.63, 3.8) is 0 Å². The Hall–Kier alpha value is -1.63. The number of carbonyl (C=O) groups is 3. The Balaban J connectivity index is 1.89. The van der Waals surface area contributed by atoms with E-state index in [9.17, 15) is 14.4 Å². The van der Waals surface area contributed by atoms with Gasteiger partial charge >= 0.3 is 5.97 Å². The highest BCUT2D eigenvalue weighted by molar-refractivity contribution is 5.82. The van der Waals surface area contributed by atoms with Gasteiger partial charge in [0.2, 0.25) is 5.91 Å². The highest BCUT2D eigenvalue weighted by Crippen LogP contribution is 2.41. The molecule has 3 N–H and O–H groups in total. The van der Waals surface area contributed by atoms with Crippen LogP contribution in [0.3, 0.4) is 0 Å². The van der Waals surface area contributed by atoms with Crippen molar-refractivity contribution < 1.29 is 19.5 Å².